The maximum atomic E-state index is 12.4. The molecule has 0 aliphatic carbocycles. The molecule has 1 aliphatic rings. The average Bonchev–Trinajstić information content (AvgIpc) is 2.55. The summed E-state index contributed by atoms with van der Waals surface area (Å²) in [6.45, 7) is 3.37. The molecule has 1 aromatic heterocycles. The number of aliphatic carboxylic acids is 1. The summed E-state index contributed by atoms with van der Waals surface area (Å²) in [4.78, 5) is 31.3. The molecule has 0 radical (unpaired) electrons. The predicted molar refractivity (Wildman–Crippen MR) is 88.6 cm³/mol. The van der Waals surface area contributed by atoms with Crippen LogP contribution in [0.15, 0.2) is 18.3 Å². The number of anilines is 1. The number of amides is 1. The van der Waals surface area contributed by atoms with Crippen molar-refractivity contribution in [3.8, 4) is 0 Å². The molecule has 6 nitrogen and oxygen atoms in total. The number of piperidine rings is 1. The van der Waals surface area contributed by atoms with Gasteiger partial charge < -0.3 is 14.9 Å². The Labute approximate surface area is 141 Å². The number of hydrogen-bond donors (Lipinski definition) is 1. The van der Waals surface area contributed by atoms with Gasteiger partial charge in [-0.15, -0.1) is 0 Å². The number of rotatable bonds is 5. The number of aromatic nitrogens is 1. The second kappa shape index (κ2) is 7.64. The minimum Gasteiger partial charge on any atom is -0.481 e. The zero-order chi connectivity index (χ0) is 17.0. The van der Waals surface area contributed by atoms with Gasteiger partial charge in [-0.05, 0) is 25.0 Å². The number of hydrogen-bond acceptors (Lipinski definition) is 4. The third-order valence-corrected chi connectivity index (χ3v) is 4.45. The molecule has 23 heavy (non-hydrogen) atoms. The highest BCUT2D eigenvalue weighted by molar-refractivity contribution is 6.30. The Hall–Kier alpha value is -1.82. The second-order valence-corrected chi connectivity index (χ2v) is 6.49. The largest absolute Gasteiger partial charge is 0.481 e. The van der Waals surface area contributed by atoms with E-state index in [1.165, 1.54) is 0 Å². The second-order valence-electron chi connectivity index (χ2n) is 6.05. The van der Waals surface area contributed by atoms with Crippen LogP contribution >= 0.6 is 11.6 Å². The van der Waals surface area contributed by atoms with Gasteiger partial charge in [-0.3, -0.25) is 9.59 Å². The normalized spacial score (nSPS) is 16.9. The van der Waals surface area contributed by atoms with E-state index in [4.69, 9.17) is 16.7 Å². The van der Waals surface area contributed by atoms with Gasteiger partial charge in [0.05, 0.1) is 10.9 Å². The monoisotopic (exact) mass is 339 g/mol. The zero-order valence-electron chi connectivity index (χ0n) is 13.4. The molecule has 1 aromatic rings. The SMILES string of the molecule is CC(CN(C)C(=O)C1CCN(c2ccc(Cl)cn2)CC1)C(=O)O. The van der Waals surface area contributed by atoms with Crippen molar-refractivity contribution < 1.29 is 14.7 Å². The smallest absolute Gasteiger partial charge is 0.308 e. The van der Waals surface area contributed by atoms with Crippen LogP contribution in [0.1, 0.15) is 19.8 Å². The summed E-state index contributed by atoms with van der Waals surface area (Å²) in [6.07, 6.45) is 3.11. The van der Waals surface area contributed by atoms with Gasteiger partial charge in [0, 0.05) is 38.8 Å². The summed E-state index contributed by atoms with van der Waals surface area (Å²) in [6, 6.07) is 3.69. The number of halogens is 1. The molecule has 1 amide bonds. The fourth-order valence-electron chi connectivity index (χ4n) is 2.80. The van der Waals surface area contributed by atoms with Crippen molar-refractivity contribution in [2.45, 2.75) is 19.8 Å². The topological polar surface area (TPSA) is 73.7 Å². The summed E-state index contributed by atoms with van der Waals surface area (Å²) in [5, 5.41) is 9.55. The van der Waals surface area contributed by atoms with E-state index in [-0.39, 0.29) is 18.4 Å². The lowest BCUT2D eigenvalue weighted by atomic mass is 9.95. The predicted octanol–water partition coefficient (Wildman–Crippen LogP) is 2.13. The van der Waals surface area contributed by atoms with E-state index in [1.807, 2.05) is 12.1 Å². The van der Waals surface area contributed by atoms with Crippen molar-refractivity contribution in [1.82, 2.24) is 9.88 Å². The van der Waals surface area contributed by atoms with E-state index < -0.39 is 11.9 Å². The van der Waals surface area contributed by atoms with Gasteiger partial charge in [0.15, 0.2) is 0 Å². The first-order valence-corrected chi connectivity index (χ1v) is 8.10. The Bertz CT molecular complexity index is 556. The van der Waals surface area contributed by atoms with Crippen LogP contribution in [0.5, 0.6) is 0 Å². The van der Waals surface area contributed by atoms with Crippen LogP contribution in [-0.4, -0.2) is 53.5 Å². The molecule has 126 valence electrons. The molecule has 0 saturated carbocycles. The third-order valence-electron chi connectivity index (χ3n) is 4.23. The van der Waals surface area contributed by atoms with Gasteiger partial charge in [-0.2, -0.15) is 0 Å². The molecule has 2 rings (SSSR count). The highest BCUT2D eigenvalue weighted by atomic mass is 35.5. The van der Waals surface area contributed by atoms with Gasteiger partial charge in [-0.1, -0.05) is 18.5 Å². The van der Waals surface area contributed by atoms with Gasteiger partial charge in [0.1, 0.15) is 5.82 Å². The molecule has 1 saturated heterocycles. The van der Waals surface area contributed by atoms with Gasteiger partial charge in [-0.25, -0.2) is 4.98 Å². The van der Waals surface area contributed by atoms with Crippen LogP contribution in [-0.2, 0) is 9.59 Å². The first-order chi connectivity index (χ1) is 10.9. The van der Waals surface area contributed by atoms with Crippen molar-refractivity contribution in [2.24, 2.45) is 11.8 Å². The van der Waals surface area contributed by atoms with Crippen LogP contribution in [0.4, 0.5) is 5.82 Å². The number of pyridine rings is 1. The van der Waals surface area contributed by atoms with E-state index in [9.17, 15) is 9.59 Å². The molecule has 7 heteroatoms. The number of carboxylic acids is 1. The Balaban J connectivity index is 1.87. The van der Waals surface area contributed by atoms with E-state index in [1.54, 1.807) is 25.1 Å². The van der Waals surface area contributed by atoms with Crippen molar-refractivity contribution in [3.05, 3.63) is 23.4 Å². The number of nitrogens with zero attached hydrogens (tertiary/aromatic N) is 3. The van der Waals surface area contributed by atoms with Crippen molar-refractivity contribution in [2.75, 3.05) is 31.6 Å². The van der Waals surface area contributed by atoms with Crippen LogP contribution in [0, 0.1) is 11.8 Å². The van der Waals surface area contributed by atoms with E-state index >= 15 is 0 Å². The minimum absolute atomic E-state index is 0.0295. The quantitative estimate of drug-likeness (QED) is 0.889. The summed E-state index contributed by atoms with van der Waals surface area (Å²) in [5.74, 6) is -0.588. The molecular formula is C16H22ClN3O3. The molecule has 0 bridgehead atoms. The number of carboxylic acid groups (broad SMARTS) is 1. The molecule has 1 aliphatic heterocycles. The molecule has 1 N–H and O–H groups in total. The molecule has 1 unspecified atom stereocenters. The van der Waals surface area contributed by atoms with Crippen molar-refractivity contribution >= 4 is 29.3 Å². The Morgan fingerprint density at radius 1 is 1.43 bits per heavy atom. The number of carbonyl (C=O) groups excluding carboxylic acids is 1. The Kier molecular flexibility index (Phi) is 5.82. The summed E-state index contributed by atoms with van der Waals surface area (Å²) in [7, 11) is 1.68. The first-order valence-electron chi connectivity index (χ1n) is 7.72. The maximum absolute atomic E-state index is 12.4. The highest BCUT2D eigenvalue weighted by Crippen LogP contribution is 2.24. The van der Waals surface area contributed by atoms with Crippen LogP contribution in [0.3, 0.4) is 0 Å². The third kappa shape index (κ3) is 4.58. The molecule has 0 spiro atoms. The lowest BCUT2D eigenvalue weighted by Crippen LogP contribution is -2.43. The molecule has 2 heterocycles. The van der Waals surface area contributed by atoms with Gasteiger partial charge in [0.2, 0.25) is 5.91 Å². The molecule has 1 atom stereocenters. The Morgan fingerprint density at radius 3 is 2.61 bits per heavy atom. The van der Waals surface area contributed by atoms with Crippen molar-refractivity contribution in [1.29, 1.82) is 0 Å². The van der Waals surface area contributed by atoms with Crippen molar-refractivity contribution in [3.63, 3.8) is 0 Å². The van der Waals surface area contributed by atoms with E-state index in [0.717, 1.165) is 31.7 Å². The van der Waals surface area contributed by atoms with Gasteiger partial charge >= 0.3 is 5.97 Å². The minimum atomic E-state index is -0.881. The van der Waals surface area contributed by atoms with E-state index in [2.05, 4.69) is 9.88 Å². The highest BCUT2D eigenvalue weighted by Gasteiger charge is 2.28. The molecule has 0 aromatic carbocycles. The van der Waals surface area contributed by atoms with E-state index in [0.29, 0.717) is 5.02 Å². The standard InChI is InChI=1S/C16H22ClN3O3/c1-11(16(22)23)10-19(2)15(21)12-5-7-20(8-6-12)14-4-3-13(17)9-18-14/h3-4,9,11-12H,5-8,10H2,1-2H3,(H,22,23). The lowest BCUT2D eigenvalue weighted by Gasteiger charge is -2.34. The van der Waals surface area contributed by atoms with Crippen LogP contribution in [0.25, 0.3) is 0 Å². The first kappa shape index (κ1) is 17.5. The summed E-state index contributed by atoms with van der Waals surface area (Å²) < 4.78 is 0. The summed E-state index contributed by atoms with van der Waals surface area (Å²) >= 11 is 5.84. The average molecular weight is 340 g/mol. The molecule has 1 fully saturated rings. The van der Waals surface area contributed by atoms with Crippen LogP contribution in [0.2, 0.25) is 5.02 Å². The zero-order valence-corrected chi connectivity index (χ0v) is 14.2. The summed E-state index contributed by atoms with van der Waals surface area (Å²) in [5.41, 5.74) is 0. The number of carbonyl (C=O) groups is 2. The maximum Gasteiger partial charge on any atom is 0.308 e. The lowest BCUT2D eigenvalue weighted by molar-refractivity contribution is -0.143. The van der Waals surface area contributed by atoms with Gasteiger partial charge in [0.25, 0.3) is 0 Å². The Morgan fingerprint density at radius 2 is 2.09 bits per heavy atom. The fourth-order valence-corrected chi connectivity index (χ4v) is 2.91. The molecular weight excluding hydrogens is 318 g/mol. The fraction of sp³-hybridized carbons (Fsp3) is 0.562. The van der Waals surface area contributed by atoms with Crippen LogP contribution < -0.4 is 4.90 Å².